The highest BCUT2D eigenvalue weighted by molar-refractivity contribution is 7.09. The number of nitrogens with zero attached hydrogens (tertiary/aromatic N) is 3. The van der Waals surface area contributed by atoms with Crippen LogP contribution in [0.3, 0.4) is 0 Å². The highest BCUT2D eigenvalue weighted by Crippen LogP contribution is 2.32. The van der Waals surface area contributed by atoms with Gasteiger partial charge in [0.25, 0.3) is 11.8 Å². The molecule has 2 aliphatic heterocycles. The van der Waals surface area contributed by atoms with E-state index >= 15 is 0 Å². The Hall–Kier alpha value is -3.72. The normalized spacial score (nSPS) is 16.0. The van der Waals surface area contributed by atoms with Crippen LogP contribution in [0.25, 0.3) is 10.9 Å². The fourth-order valence-corrected chi connectivity index (χ4v) is 6.48. The van der Waals surface area contributed by atoms with Crippen molar-refractivity contribution in [2.24, 2.45) is 0 Å². The molecule has 1 saturated heterocycles. The molecule has 7 nitrogen and oxygen atoms in total. The van der Waals surface area contributed by atoms with Crippen molar-refractivity contribution in [1.82, 2.24) is 19.8 Å². The summed E-state index contributed by atoms with van der Waals surface area (Å²) in [5.74, 6) is 0.556. The molecule has 0 saturated carbocycles. The van der Waals surface area contributed by atoms with Crippen molar-refractivity contribution in [1.29, 1.82) is 0 Å². The van der Waals surface area contributed by atoms with Crippen LogP contribution in [-0.4, -0.2) is 57.8 Å². The number of thiazole rings is 1. The average molecular weight is 547 g/mol. The lowest BCUT2D eigenvalue weighted by atomic mass is 9.97. The molecule has 9 heteroatoms. The van der Waals surface area contributed by atoms with E-state index < -0.39 is 0 Å². The average Bonchev–Trinajstić information content (AvgIpc) is 3.58. The first-order chi connectivity index (χ1) is 18.9. The second kappa shape index (κ2) is 10.4. The van der Waals surface area contributed by atoms with Crippen LogP contribution in [0.1, 0.15) is 56.6 Å². The van der Waals surface area contributed by atoms with E-state index in [-0.39, 0.29) is 30.2 Å². The van der Waals surface area contributed by atoms with Gasteiger partial charge in [-0.05, 0) is 68.1 Å². The van der Waals surface area contributed by atoms with Gasteiger partial charge in [-0.2, -0.15) is 0 Å². The number of ether oxygens (including phenoxy) is 1. The molecule has 2 aliphatic rings. The zero-order chi connectivity index (χ0) is 27.1. The highest BCUT2D eigenvalue weighted by atomic mass is 32.1. The third-order valence-corrected chi connectivity index (χ3v) is 9.01. The summed E-state index contributed by atoms with van der Waals surface area (Å²) in [6, 6.07) is 10.6. The maximum Gasteiger partial charge on any atom is 0.273 e. The number of nitrogens with one attached hydrogen (secondary N) is 1. The van der Waals surface area contributed by atoms with Crippen molar-refractivity contribution in [2.75, 3.05) is 26.2 Å². The van der Waals surface area contributed by atoms with E-state index in [0.29, 0.717) is 44.0 Å². The van der Waals surface area contributed by atoms with E-state index in [1.54, 1.807) is 11.0 Å². The first-order valence-electron chi connectivity index (χ1n) is 13.4. The van der Waals surface area contributed by atoms with Gasteiger partial charge >= 0.3 is 0 Å². The van der Waals surface area contributed by atoms with Crippen LogP contribution in [0.5, 0.6) is 5.75 Å². The molecule has 6 rings (SSSR count). The third-order valence-electron chi connectivity index (χ3n) is 8.00. The van der Waals surface area contributed by atoms with Crippen molar-refractivity contribution < 1.29 is 18.7 Å². The van der Waals surface area contributed by atoms with Crippen molar-refractivity contribution in [3.63, 3.8) is 0 Å². The van der Waals surface area contributed by atoms with Crippen molar-refractivity contribution in [3.05, 3.63) is 80.7 Å². The Labute approximate surface area is 230 Å². The minimum atomic E-state index is -0.279. The first kappa shape index (κ1) is 25.6. The molecule has 0 atom stereocenters. The molecule has 39 heavy (non-hydrogen) atoms. The lowest BCUT2D eigenvalue weighted by Crippen LogP contribution is -2.40. The highest BCUT2D eigenvalue weighted by Gasteiger charge is 2.29. The number of aromatic nitrogens is 2. The molecule has 0 aliphatic carbocycles. The Morgan fingerprint density at radius 3 is 2.69 bits per heavy atom. The molecule has 0 spiro atoms. The van der Waals surface area contributed by atoms with Crippen LogP contribution in [-0.2, 0) is 17.8 Å². The molecule has 4 aromatic rings. The number of piperidine rings is 1. The number of amides is 2. The zero-order valence-corrected chi connectivity index (χ0v) is 22.9. The standard InChI is InChI=1S/C30H31FN4O3S/c1-18-3-5-22(13-19(18)2)38-16-28(36)34-10-7-20(8-11-34)29-33-27(17-39-29)30(37)35-12-9-26-24(15-35)23-14-21(31)4-6-25(23)32-26/h3-6,13-14,17,20,32H,7-12,15-16H2,1-2H3. The summed E-state index contributed by atoms with van der Waals surface area (Å²) in [6.07, 6.45) is 2.32. The number of carbonyl (C=O) groups excluding carboxylic acids is 2. The molecule has 0 bridgehead atoms. The van der Waals surface area contributed by atoms with E-state index in [0.717, 1.165) is 45.6 Å². The molecule has 1 N–H and O–H groups in total. The topological polar surface area (TPSA) is 78.5 Å². The Kier molecular flexibility index (Phi) is 6.85. The third kappa shape index (κ3) is 5.15. The molecule has 0 unspecified atom stereocenters. The smallest absolute Gasteiger partial charge is 0.273 e. The summed E-state index contributed by atoms with van der Waals surface area (Å²) in [4.78, 5) is 37.8. The van der Waals surface area contributed by atoms with E-state index in [1.807, 2.05) is 42.3 Å². The summed E-state index contributed by atoms with van der Waals surface area (Å²) < 4.78 is 19.6. The Bertz CT molecular complexity index is 1550. The quantitative estimate of drug-likeness (QED) is 0.365. The van der Waals surface area contributed by atoms with Crippen LogP contribution in [0.15, 0.2) is 41.8 Å². The number of benzene rings is 2. The lowest BCUT2D eigenvalue weighted by Gasteiger charge is -2.31. The molecule has 0 radical (unpaired) electrons. The number of hydrogen-bond acceptors (Lipinski definition) is 5. The maximum atomic E-state index is 13.9. The monoisotopic (exact) mass is 546 g/mol. The fraction of sp³-hybridized carbons (Fsp3) is 0.367. The van der Waals surface area contributed by atoms with Gasteiger partial charge in [0, 0.05) is 66.1 Å². The summed E-state index contributed by atoms with van der Waals surface area (Å²) in [6.45, 7) is 6.44. The van der Waals surface area contributed by atoms with Crippen LogP contribution in [0.2, 0.25) is 0 Å². The van der Waals surface area contributed by atoms with E-state index in [9.17, 15) is 14.0 Å². The molecular weight excluding hydrogens is 515 g/mol. The van der Waals surface area contributed by atoms with E-state index in [1.165, 1.54) is 29.0 Å². The molecule has 4 heterocycles. The summed E-state index contributed by atoms with van der Waals surface area (Å²) in [5, 5.41) is 3.63. The van der Waals surface area contributed by atoms with Crippen molar-refractivity contribution >= 4 is 34.1 Å². The second-order valence-electron chi connectivity index (χ2n) is 10.5. The summed E-state index contributed by atoms with van der Waals surface area (Å²) in [5.41, 5.74) is 5.75. The van der Waals surface area contributed by atoms with Gasteiger partial charge < -0.3 is 19.5 Å². The van der Waals surface area contributed by atoms with Gasteiger partial charge in [0.05, 0.1) is 5.01 Å². The molecule has 202 valence electrons. The number of rotatable bonds is 5. The van der Waals surface area contributed by atoms with Gasteiger partial charge in [0.2, 0.25) is 0 Å². The van der Waals surface area contributed by atoms with Crippen LogP contribution in [0, 0.1) is 19.7 Å². The summed E-state index contributed by atoms with van der Waals surface area (Å²) in [7, 11) is 0. The maximum absolute atomic E-state index is 13.9. The minimum absolute atomic E-state index is 0.0108. The zero-order valence-electron chi connectivity index (χ0n) is 22.1. The number of fused-ring (bicyclic) bond motifs is 3. The first-order valence-corrected chi connectivity index (χ1v) is 14.2. The largest absolute Gasteiger partial charge is 0.484 e. The van der Waals surface area contributed by atoms with Gasteiger partial charge in [-0.25, -0.2) is 9.37 Å². The van der Waals surface area contributed by atoms with Crippen molar-refractivity contribution in [2.45, 2.75) is 45.6 Å². The number of hydrogen-bond donors (Lipinski definition) is 1. The van der Waals surface area contributed by atoms with Crippen molar-refractivity contribution in [3.8, 4) is 5.75 Å². The SMILES string of the molecule is Cc1ccc(OCC(=O)N2CCC(c3nc(C(=O)N4CCc5[nH]c6ccc(F)cc6c5C4)cs3)CC2)cc1C. The van der Waals surface area contributed by atoms with Gasteiger partial charge in [-0.3, -0.25) is 9.59 Å². The lowest BCUT2D eigenvalue weighted by molar-refractivity contribution is -0.134. The number of H-pyrrole nitrogens is 1. The van der Waals surface area contributed by atoms with E-state index in [2.05, 4.69) is 4.98 Å². The Balaban J connectivity index is 1.04. The molecule has 1 fully saturated rings. The van der Waals surface area contributed by atoms with Gasteiger partial charge in [0.1, 0.15) is 17.3 Å². The van der Waals surface area contributed by atoms with Crippen LogP contribution >= 0.6 is 11.3 Å². The number of halogens is 1. The van der Waals surface area contributed by atoms with Gasteiger partial charge in [-0.1, -0.05) is 6.07 Å². The minimum Gasteiger partial charge on any atom is -0.484 e. The Morgan fingerprint density at radius 1 is 1.08 bits per heavy atom. The second-order valence-corrected chi connectivity index (χ2v) is 11.4. The van der Waals surface area contributed by atoms with Crippen LogP contribution < -0.4 is 4.74 Å². The van der Waals surface area contributed by atoms with E-state index in [4.69, 9.17) is 9.72 Å². The number of aryl methyl sites for hydroxylation is 2. The number of likely N-dealkylation sites (tertiary alicyclic amines) is 1. The Morgan fingerprint density at radius 2 is 1.90 bits per heavy atom. The molecule has 2 aromatic carbocycles. The fourth-order valence-electron chi connectivity index (χ4n) is 5.51. The van der Waals surface area contributed by atoms with Gasteiger partial charge in [0.15, 0.2) is 6.61 Å². The summed E-state index contributed by atoms with van der Waals surface area (Å²) >= 11 is 1.52. The number of aromatic amines is 1. The predicted octanol–water partition coefficient (Wildman–Crippen LogP) is 5.36. The van der Waals surface area contributed by atoms with Gasteiger partial charge in [-0.15, -0.1) is 11.3 Å². The molecular formula is C30H31FN4O3S. The predicted molar refractivity (Wildman–Crippen MR) is 149 cm³/mol. The molecule has 2 aromatic heterocycles. The van der Waals surface area contributed by atoms with Crippen LogP contribution in [0.4, 0.5) is 4.39 Å². The molecule has 2 amide bonds. The number of carbonyl (C=O) groups is 2.